The molecule has 1 aromatic carbocycles. The summed E-state index contributed by atoms with van der Waals surface area (Å²) in [5.41, 5.74) is 0.821. The highest BCUT2D eigenvalue weighted by atomic mass is 19.3. The zero-order valence-corrected chi connectivity index (χ0v) is 7.97. The molecule has 0 atom stereocenters. The van der Waals surface area contributed by atoms with Gasteiger partial charge in [0.25, 0.3) is 5.92 Å². The Balaban J connectivity index is 2.79. The quantitative estimate of drug-likeness (QED) is 0.758. The van der Waals surface area contributed by atoms with E-state index >= 15 is 0 Å². The third kappa shape index (κ3) is 3.05. The lowest BCUT2D eigenvalue weighted by atomic mass is 10.0. The van der Waals surface area contributed by atoms with Crippen LogP contribution >= 0.6 is 0 Å². The van der Waals surface area contributed by atoms with Crippen molar-refractivity contribution in [3.63, 3.8) is 0 Å². The zero-order valence-electron chi connectivity index (χ0n) is 7.97. The Morgan fingerprint density at radius 1 is 1.43 bits per heavy atom. The van der Waals surface area contributed by atoms with E-state index in [1.807, 2.05) is 0 Å². The fraction of sp³-hybridized carbons (Fsp3) is 0.400. The predicted octanol–water partition coefficient (Wildman–Crippen LogP) is 2.23. The average molecular weight is 201 g/mol. The summed E-state index contributed by atoms with van der Waals surface area (Å²) in [6, 6.07) is 6.26. The molecule has 0 spiro atoms. The molecule has 0 aromatic heterocycles. The Labute approximate surface area is 81.6 Å². The number of benzene rings is 1. The number of rotatable bonds is 4. The molecule has 0 heterocycles. The van der Waals surface area contributed by atoms with Gasteiger partial charge in [0.2, 0.25) is 0 Å². The SMILES string of the molecule is CC(F)(F)c1cccc(CCON)c1. The van der Waals surface area contributed by atoms with Crippen LogP contribution in [0.4, 0.5) is 8.78 Å². The van der Waals surface area contributed by atoms with Gasteiger partial charge in [0.1, 0.15) is 0 Å². The standard InChI is InChI=1S/C10H13F2NO/c1-10(11,12)9-4-2-3-8(7-9)5-6-14-13/h2-4,7H,5-6,13H2,1H3. The van der Waals surface area contributed by atoms with E-state index in [-0.39, 0.29) is 5.56 Å². The summed E-state index contributed by atoms with van der Waals surface area (Å²) >= 11 is 0. The van der Waals surface area contributed by atoms with Crippen LogP contribution in [0.1, 0.15) is 18.1 Å². The Morgan fingerprint density at radius 2 is 2.14 bits per heavy atom. The summed E-state index contributed by atoms with van der Waals surface area (Å²) in [6.45, 7) is 1.21. The van der Waals surface area contributed by atoms with Crippen molar-refractivity contribution < 1.29 is 13.6 Å². The molecule has 1 rings (SSSR count). The van der Waals surface area contributed by atoms with Crippen LogP contribution in [0.2, 0.25) is 0 Å². The van der Waals surface area contributed by atoms with Gasteiger partial charge >= 0.3 is 0 Å². The second kappa shape index (κ2) is 4.48. The molecular weight excluding hydrogens is 188 g/mol. The van der Waals surface area contributed by atoms with Crippen LogP contribution in [0.25, 0.3) is 0 Å². The third-order valence-electron chi connectivity index (χ3n) is 1.94. The summed E-state index contributed by atoms with van der Waals surface area (Å²) in [4.78, 5) is 4.38. The lowest BCUT2D eigenvalue weighted by molar-refractivity contribution is 0.0173. The van der Waals surface area contributed by atoms with Crippen LogP contribution in [0.3, 0.4) is 0 Å². The minimum atomic E-state index is -2.79. The molecule has 0 bridgehead atoms. The second-order valence-electron chi connectivity index (χ2n) is 3.21. The molecule has 1 aromatic rings. The molecule has 0 fully saturated rings. The van der Waals surface area contributed by atoms with Gasteiger partial charge in [-0.1, -0.05) is 18.2 Å². The van der Waals surface area contributed by atoms with Gasteiger partial charge in [-0.05, 0) is 18.1 Å². The number of hydrogen-bond acceptors (Lipinski definition) is 2. The van der Waals surface area contributed by atoms with Crippen LogP contribution < -0.4 is 5.90 Å². The van der Waals surface area contributed by atoms with Gasteiger partial charge in [-0.15, -0.1) is 0 Å². The van der Waals surface area contributed by atoms with Crippen molar-refractivity contribution in [3.8, 4) is 0 Å². The highest BCUT2D eigenvalue weighted by Crippen LogP contribution is 2.27. The normalized spacial score (nSPS) is 11.7. The Hall–Kier alpha value is -1.00. The van der Waals surface area contributed by atoms with E-state index in [4.69, 9.17) is 5.90 Å². The second-order valence-corrected chi connectivity index (χ2v) is 3.21. The van der Waals surface area contributed by atoms with Crippen molar-refractivity contribution in [2.45, 2.75) is 19.3 Å². The van der Waals surface area contributed by atoms with Crippen LogP contribution in [0.5, 0.6) is 0 Å². The molecule has 78 valence electrons. The van der Waals surface area contributed by atoms with Gasteiger partial charge in [0, 0.05) is 12.5 Å². The van der Waals surface area contributed by atoms with E-state index < -0.39 is 5.92 Å². The first-order valence-corrected chi connectivity index (χ1v) is 4.33. The minimum Gasteiger partial charge on any atom is -0.304 e. The minimum absolute atomic E-state index is 0.0204. The monoisotopic (exact) mass is 201 g/mol. The van der Waals surface area contributed by atoms with Crippen molar-refractivity contribution in [2.75, 3.05) is 6.61 Å². The fourth-order valence-corrected chi connectivity index (χ4v) is 1.18. The van der Waals surface area contributed by atoms with Gasteiger partial charge in [0.05, 0.1) is 6.61 Å². The molecule has 2 N–H and O–H groups in total. The van der Waals surface area contributed by atoms with E-state index in [1.165, 1.54) is 12.1 Å². The number of halogens is 2. The van der Waals surface area contributed by atoms with Gasteiger partial charge in [-0.3, -0.25) is 0 Å². The largest absolute Gasteiger partial charge is 0.304 e. The van der Waals surface area contributed by atoms with E-state index in [0.29, 0.717) is 13.0 Å². The highest BCUT2D eigenvalue weighted by molar-refractivity contribution is 5.26. The maximum absolute atomic E-state index is 12.9. The number of alkyl halides is 2. The molecule has 14 heavy (non-hydrogen) atoms. The highest BCUT2D eigenvalue weighted by Gasteiger charge is 2.23. The van der Waals surface area contributed by atoms with Crippen molar-refractivity contribution in [1.29, 1.82) is 0 Å². The van der Waals surface area contributed by atoms with E-state index in [1.54, 1.807) is 12.1 Å². The summed E-state index contributed by atoms with van der Waals surface area (Å²) in [5, 5.41) is 0. The van der Waals surface area contributed by atoms with Crippen molar-refractivity contribution in [3.05, 3.63) is 35.4 Å². The van der Waals surface area contributed by atoms with E-state index in [9.17, 15) is 8.78 Å². The first-order valence-electron chi connectivity index (χ1n) is 4.33. The van der Waals surface area contributed by atoms with Crippen molar-refractivity contribution in [2.24, 2.45) is 5.90 Å². The molecule has 0 saturated carbocycles. The molecule has 0 radical (unpaired) electrons. The lowest BCUT2D eigenvalue weighted by Gasteiger charge is -2.11. The molecule has 0 aliphatic carbocycles. The first kappa shape index (κ1) is 11.1. The Morgan fingerprint density at radius 3 is 2.71 bits per heavy atom. The smallest absolute Gasteiger partial charge is 0.270 e. The zero-order chi connectivity index (χ0) is 10.6. The first-order chi connectivity index (χ1) is 6.54. The molecule has 0 aliphatic rings. The summed E-state index contributed by atoms with van der Waals surface area (Å²) < 4.78 is 25.8. The molecule has 0 amide bonds. The molecule has 4 heteroatoms. The fourth-order valence-electron chi connectivity index (χ4n) is 1.18. The molecular formula is C10H13F2NO. The van der Waals surface area contributed by atoms with Crippen molar-refractivity contribution >= 4 is 0 Å². The Bertz CT molecular complexity index is 296. The van der Waals surface area contributed by atoms with Gasteiger partial charge in [0.15, 0.2) is 0 Å². The predicted molar refractivity (Wildman–Crippen MR) is 49.9 cm³/mol. The average Bonchev–Trinajstić information content (AvgIpc) is 2.14. The Kier molecular flexibility index (Phi) is 3.55. The van der Waals surface area contributed by atoms with Crippen LogP contribution in [0.15, 0.2) is 24.3 Å². The maximum atomic E-state index is 12.9. The molecule has 2 nitrogen and oxygen atoms in total. The molecule has 0 aliphatic heterocycles. The van der Waals surface area contributed by atoms with Gasteiger partial charge < -0.3 is 4.84 Å². The maximum Gasteiger partial charge on any atom is 0.270 e. The number of nitrogens with two attached hydrogens (primary N) is 1. The van der Waals surface area contributed by atoms with Crippen LogP contribution in [-0.4, -0.2) is 6.61 Å². The summed E-state index contributed by atoms with van der Waals surface area (Å²) in [7, 11) is 0. The van der Waals surface area contributed by atoms with Gasteiger partial charge in [-0.2, -0.15) is 0 Å². The third-order valence-corrected chi connectivity index (χ3v) is 1.94. The van der Waals surface area contributed by atoms with Crippen LogP contribution in [0, 0.1) is 0 Å². The summed E-state index contributed by atoms with van der Waals surface area (Å²) in [5.74, 6) is 2.06. The van der Waals surface area contributed by atoms with Gasteiger partial charge in [-0.25, -0.2) is 14.7 Å². The van der Waals surface area contributed by atoms with E-state index in [0.717, 1.165) is 12.5 Å². The summed E-state index contributed by atoms with van der Waals surface area (Å²) in [6.07, 6.45) is 0.542. The van der Waals surface area contributed by atoms with Crippen LogP contribution in [-0.2, 0) is 17.2 Å². The molecule has 0 saturated heterocycles. The van der Waals surface area contributed by atoms with Crippen molar-refractivity contribution in [1.82, 2.24) is 0 Å². The lowest BCUT2D eigenvalue weighted by Crippen LogP contribution is -2.08. The topological polar surface area (TPSA) is 35.2 Å². The van der Waals surface area contributed by atoms with E-state index in [2.05, 4.69) is 4.84 Å². The number of hydrogen-bond donors (Lipinski definition) is 1. The molecule has 0 unspecified atom stereocenters.